The Bertz CT molecular complexity index is 312. The van der Waals surface area contributed by atoms with Gasteiger partial charge in [0.25, 0.3) is 0 Å². The van der Waals surface area contributed by atoms with E-state index in [1.807, 2.05) is 6.92 Å². The summed E-state index contributed by atoms with van der Waals surface area (Å²) in [5.41, 5.74) is 0.0101. The van der Waals surface area contributed by atoms with Crippen LogP contribution < -0.4 is 5.32 Å². The van der Waals surface area contributed by atoms with Gasteiger partial charge in [0.05, 0.1) is 6.54 Å². The van der Waals surface area contributed by atoms with Crippen molar-refractivity contribution in [2.75, 3.05) is 6.54 Å². The second-order valence-corrected chi connectivity index (χ2v) is 3.14. The maximum Gasteiger partial charge on any atom is 0.219 e. The van der Waals surface area contributed by atoms with Gasteiger partial charge in [-0.25, -0.2) is 8.78 Å². The standard InChI is InChI=1S/C10H12F3N/c1-2-3-4-14-9-6-7(11)5-8(12)10(9)13/h5-6,14H,2-4H2,1H3/p+1. The number of nitrogens with two attached hydrogens (primary N) is 1. The number of hydrogen-bond acceptors (Lipinski definition) is 0. The predicted octanol–water partition coefficient (Wildman–Crippen LogP) is 2.10. The summed E-state index contributed by atoms with van der Waals surface area (Å²) in [6, 6.07) is 1.56. The number of quaternary nitrogens is 1. The third-order valence-electron chi connectivity index (χ3n) is 1.94. The molecule has 2 N–H and O–H groups in total. The molecule has 0 bridgehead atoms. The highest BCUT2D eigenvalue weighted by molar-refractivity contribution is 5.31. The lowest BCUT2D eigenvalue weighted by Gasteiger charge is -2.02. The van der Waals surface area contributed by atoms with Crippen LogP contribution in [-0.4, -0.2) is 6.54 Å². The molecule has 0 aliphatic rings. The predicted molar refractivity (Wildman–Crippen MR) is 47.7 cm³/mol. The van der Waals surface area contributed by atoms with Crippen LogP contribution >= 0.6 is 0 Å². The van der Waals surface area contributed by atoms with Gasteiger partial charge >= 0.3 is 0 Å². The number of unbranched alkanes of at least 4 members (excludes halogenated alkanes) is 1. The lowest BCUT2D eigenvalue weighted by molar-refractivity contribution is -0.574. The van der Waals surface area contributed by atoms with Crippen molar-refractivity contribution < 1.29 is 18.5 Å². The summed E-state index contributed by atoms with van der Waals surface area (Å²) in [5.74, 6) is -2.85. The highest BCUT2D eigenvalue weighted by atomic mass is 19.2. The van der Waals surface area contributed by atoms with Crippen LogP contribution in [0.4, 0.5) is 18.9 Å². The molecule has 78 valence electrons. The van der Waals surface area contributed by atoms with Crippen molar-refractivity contribution >= 4 is 5.69 Å². The quantitative estimate of drug-likeness (QED) is 0.439. The Morgan fingerprint density at radius 3 is 2.57 bits per heavy atom. The van der Waals surface area contributed by atoms with E-state index in [0.717, 1.165) is 18.9 Å². The Morgan fingerprint density at radius 1 is 1.21 bits per heavy atom. The number of halogens is 3. The zero-order chi connectivity index (χ0) is 10.6. The van der Waals surface area contributed by atoms with Crippen molar-refractivity contribution in [1.29, 1.82) is 0 Å². The van der Waals surface area contributed by atoms with Crippen LogP contribution in [0.5, 0.6) is 0 Å². The normalized spacial score (nSPS) is 10.6. The fourth-order valence-electron chi connectivity index (χ4n) is 1.19. The highest BCUT2D eigenvalue weighted by Crippen LogP contribution is 2.14. The Labute approximate surface area is 80.9 Å². The number of rotatable bonds is 4. The second kappa shape index (κ2) is 5.00. The van der Waals surface area contributed by atoms with E-state index in [2.05, 4.69) is 0 Å². The minimum absolute atomic E-state index is 0.0101. The summed E-state index contributed by atoms with van der Waals surface area (Å²) in [6.45, 7) is 2.63. The summed E-state index contributed by atoms with van der Waals surface area (Å²) >= 11 is 0. The molecule has 1 aromatic rings. The number of hydrogen-bond donors (Lipinski definition) is 1. The summed E-state index contributed by atoms with van der Waals surface area (Å²) in [6.07, 6.45) is 1.85. The fourth-order valence-corrected chi connectivity index (χ4v) is 1.19. The summed E-state index contributed by atoms with van der Waals surface area (Å²) in [7, 11) is 0. The van der Waals surface area contributed by atoms with E-state index in [1.54, 1.807) is 0 Å². The minimum atomic E-state index is -1.13. The first-order chi connectivity index (χ1) is 6.65. The van der Waals surface area contributed by atoms with E-state index < -0.39 is 17.5 Å². The molecule has 0 heterocycles. The van der Waals surface area contributed by atoms with Crippen LogP contribution in [-0.2, 0) is 0 Å². The molecular formula is C10H13F3N+. The largest absolute Gasteiger partial charge is 0.311 e. The third kappa shape index (κ3) is 2.73. The Kier molecular flexibility index (Phi) is 3.95. The molecule has 0 fully saturated rings. The van der Waals surface area contributed by atoms with Gasteiger partial charge in [-0.1, -0.05) is 13.3 Å². The van der Waals surface area contributed by atoms with E-state index in [9.17, 15) is 13.2 Å². The van der Waals surface area contributed by atoms with Gasteiger partial charge in [0.2, 0.25) is 5.82 Å². The summed E-state index contributed by atoms with van der Waals surface area (Å²) in [5, 5.41) is 1.52. The minimum Gasteiger partial charge on any atom is -0.311 e. The average Bonchev–Trinajstić information content (AvgIpc) is 2.13. The molecule has 0 aliphatic carbocycles. The van der Waals surface area contributed by atoms with Gasteiger partial charge in [0, 0.05) is 12.1 Å². The van der Waals surface area contributed by atoms with Crippen LogP contribution in [0.2, 0.25) is 0 Å². The van der Waals surface area contributed by atoms with Crippen LogP contribution in [0, 0.1) is 17.5 Å². The fraction of sp³-hybridized carbons (Fsp3) is 0.400. The molecule has 0 radical (unpaired) electrons. The van der Waals surface area contributed by atoms with Crippen LogP contribution in [0.15, 0.2) is 12.1 Å². The van der Waals surface area contributed by atoms with Gasteiger partial charge in [0.15, 0.2) is 11.5 Å². The molecule has 0 atom stereocenters. The van der Waals surface area contributed by atoms with Crippen LogP contribution in [0.1, 0.15) is 19.8 Å². The Morgan fingerprint density at radius 2 is 1.93 bits per heavy atom. The lowest BCUT2D eigenvalue weighted by Crippen LogP contribution is -2.78. The molecule has 1 nitrogen and oxygen atoms in total. The molecule has 14 heavy (non-hydrogen) atoms. The van der Waals surface area contributed by atoms with Crippen LogP contribution in [0.3, 0.4) is 0 Å². The molecule has 0 spiro atoms. The zero-order valence-electron chi connectivity index (χ0n) is 7.99. The molecular weight excluding hydrogens is 191 g/mol. The van der Waals surface area contributed by atoms with E-state index in [1.165, 1.54) is 5.32 Å². The van der Waals surface area contributed by atoms with Crippen molar-refractivity contribution in [3.8, 4) is 0 Å². The molecule has 1 rings (SSSR count). The molecule has 1 aromatic carbocycles. The lowest BCUT2D eigenvalue weighted by atomic mass is 10.2. The zero-order valence-corrected chi connectivity index (χ0v) is 7.99. The first-order valence-electron chi connectivity index (χ1n) is 4.63. The van der Waals surface area contributed by atoms with E-state index >= 15 is 0 Å². The van der Waals surface area contributed by atoms with Crippen molar-refractivity contribution in [3.63, 3.8) is 0 Å². The SMILES string of the molecule is CCCC[NH2+]c1cc(F)cc(F)c1F. The third-order valence-corrected chi connectivity index (χ3v) is 1.94. The molecule has 0 aromatic heterocycles. The first-order valence-corrected chi connectivity index (χ1v) is 4.63. The molecule has 0 saturated carbocycles. The summed E-state index contributed by atoms with van der Waals surface area (Å²) < 4.78 is 38.4. The van der Waals surface area contributed by atoms with Crippen molar-refractivity contribution in [3.05, 3.63) is 29.6 Å². The monoisotopic (exact) mass is 204 g/mol. The Balaban J connectivity index is 2.75. The Hall–Kier alpha value is -1.03. The molecule has 4 heteroatoms. The van der Waals surface area contributed by atoms with Gasteiger partial charge in [0.1, 0.15) is 5.82 Å². The van der Waals surface area contributed by atoms with Gasteiger partial charge in [-0.2, -0.15) is 4.39 Å². The van der Waals surface area contributed by atoms with Crippen molar-refractivity contribution in [2.45, 2.75) is 19.8 Å². The molecule has 0 amide bonds. The van der Waals surface area contributed by atoms with Crippen molar-refractivity contribution in [1.82, 2.24) is 0 Å². The van der Waals surface area contributed by atoms with Gasteiger partial charge in [-0.3, -0.25) is 0 Å². The molecule has 0 saturated heterocycles. The highest BCUT2D eigenvalue weighted by Gasteiger charge is 2.13. The first kappa shape index (κ1) is 11.0. The molecule has 0 aliphatic heterocycles. The molecule has 0 unspecified atom stereocenters. The van der Waals surface area contributed by atoms with E-state index in [4.69, 9.17) is 0 Å². The number of benzene rings is 1. The van der Waals surface area contributed by atoms with Crippen molar-refractivity contribution in [2.24, 2.45) is 0 Å². The van der Waals surface area contributed by atoms with Gasteiger partial charge in [-0.05, 0) is 6.42 Å². The average molecular weight is 204 g/mol. The van der Waals surface area contributed by atoms with E-state index in [-0.39, 0.29) is 5.69 Å². The maximum atomic E-state index is 13.0. The van der Waals surface area contributed by atoms with Gasteiger partial charge in [-0.15, -0.1) is 0 Å². The smallest absolute Gasteiger partial charge is 0.219 e. The van der Waals surface area contributed by atoms with Gasteiger partial charge < -0.3 is 5.32 Å². The second-order valence-electron chi connectivity index (χ2n) is 3.14. The summed E-state index contributed by atoms with van der Waals surface area (Å²) in [4.78, 5) is 0. The van der Waals surface area contributed by atoms with Crippen LogP contribution in [0.25, 0.3) is 0 Å². The topological polar surface area (TPSA) is 16.6 Å². The van der Waals surface area contributed by atoms with E-state index in [0.29, 0.717) is 12.6 Å². The maximum absolute atomic E-state index is 13.0.